The molecule has 0 unspecified atom stereocenters. The standard InChI is InChI=1S/C25H22N4O3S/c1-18(30)19-12-14-20(15-13-19)26-24(31)17-33-25-28-27-23(16-32-22-10-6-3-7-11-22)29(25)21-8-4-2-5-9-21/h2-15H,16-17H2,1H3,(H,26,31). The molecule has 0 bridgehead atoms. The predicted molar refractivity (Wildman–Crippen MR) is 128 cm³/mol. The van der Waals surface area contributed by atoms with Crippen LogP contribution in [0.5, 0.6) is 5.75 Å². The fourth-order valence-corrected chi connectivity index (χ4v) is 3.87. The minimum atomic E-state index is -0.180. The third-order valence-corrected chi connectivity index (χ3v) is 5.66. The summed E-state index contributed by atoms with van der Waals surface area (Å²) in [5.74, 6) is 1.33. The number of benzene rings is 3. The molecule has 4 aromatic rings. The van der Waals surface area contributed by atoms with Crippen molar-refractivity contribution in [3.05, 3.63) is 96.3 Å². The van der Waals surface area contributed by atoms with Gasteiger partial charge in [0.25, 0.3) is 0 Å². The molecule has 1 heterocycles. The molecule has 0 aliphatic carbocycles. The van der Waals surface area contributed by atoms with Gasteiger partial charge in [-0.25, -0.2) is 0 Å². The number of nitrogens with zero attached hydrogens (tertiary/aromatic N) is 3. The summed E-state index contributed by atoms with van der Waals surface area (Å²) in [4.78, 5) is 23.9. The van der Waals surface area contributed by atoms with E-state index in [0.717, 1.165) is 11.4 Å². The molecule has 1 amide bonds. The third kappa shape index (κ3) is 5.87. The van der Waals surface area contributed by atoms with Gasteiger partial charge in [-0.1, -0.05) is 48.2 Å². The van der Waals surface area contributed by atoms with Crippen LogP contribution in [0, 0.1) is 0 Å². The van der Waals surface area contributed by atoms with Gasteiger partial charge in [-0.3, -0.25) is 14.2 Å². The number of rotatable bonds is 9. The summed E-state index contributed by atoms with van der Waals surface area (Å²) in [5, 5.41) is 12.0. The van der Waals surface area contributed by atoms with Crippen molar-refractivity contribution in [1.29, 1.82) is 0 Å². The Hall–Kier alpha value is -3.91. The number of ether oxygens (including phenoxy) is 1. The molecule has 3 aromatic carbocycles. The average molecular weight is 459 g/mol. The fourth-order valence-electron chi connectivity index (χ4n) is 3.10. The van der Waals surface area contributed by atoms with Crippen molar-refractivity contribution >= 4 is 29.1 Å². The second-order valence-electron chi connectivity index (χ2n) is 7.14. The van der Waals surface area contributed by atoms with Gasteiger partial charge in [-0.2, -0.15) is 0 Å². The minimum absolute atomic E-state index is 0.0178. The first-order valence-electron chi connectivity index (χ1n) is 10.3. The number of amides is 1. The van der Waals surface area contributed by atoms with E-state index in [2.05, 4.69) is 15.5 Å². The number of para-hydroxylation sites is 2. The zero-order chi connectivity index (χ0) is 23.0. The molecule has 0 fully saturated rings. The summed E-state index contributed by atoms with van der Waals surface area (Å²) in [5.41, 5.74) is 2.12. The van der Waals surface area contributed by atoms with Gasteiger partial charge in [-0.15, -0.1) is 10.2 Å². The van der Waals surface area contributed by atoms with Crippen LogP contribution in [-0.2, 0) is 11.4 Å². The van der Waals surface area contributed by atoms with Gasteiger partial charge in [0.05, 0.1) is 5.75 Å². The molecule has 33 heavy (non-hydrogen) atoms. The molecule has 0 aliphatic rings. The normalized spacial score (nSPS) is 10.6. The van der Waals surface area contributed by atoms with Crippen LogP contribution in [0.25, 0.3) is 5.69 Å². The first-order valence-corrected chi connectivity index (χ1v) is 11.3. The second-order valence-corrected chi connectivity index (χ2v) is 8.08. The highest BCUT2D eigenvalue weighted by atomic mass is 32.2. The summed E-state index contributed by atoms with van der Waals surface area (Å²) in [7, 11) is 0. The molecule has 0 radical (unpaired) electrons. The Balaban J connectivity index is 1.45. The van der Waals surface area contributed by atoms with Gasteiger partial charge in [0.1, 0.15) is 12.4 Å². The summed E-state index contributed by atoms with van der Waals surface area (Å²) in [6.07, 6.45) is 0. The molecular formula is C25H22N4O3S. The Morgan fingerprint density at radius 1 is 0.909 bits per heavy atom. The topological polar surface area (TPSA) is 86.1 Å². The first kappa shape index (κ1) is 22.3. The van der Waals surface area contributed by atoms with E-state index in [9.17, 15) is 9.59 Å². The number of aromatic nitrogens is 3. The van der Waals surface area contributed by atoms with Crippen LogP contribution in [0.2, 0.25) is 0 Å². The Labute approximate surface area is 195 Å². The molecular weight excluding hydrogens is 436 g/mol. The van der Waals surface area contributed by atoms with Crippen molar-refractivity contribution in [3.8, 4) is 11.4 Å². The van der Waals surface area contributed by atoms with Gasteiger partial charge in [-0.05, 0) is 55.5 Å². The lowest BCUT2D eigenvalue weighted by Gasteiger charge is -2.11. The van der Waals surface area contributed by atoms with E-state index < -0.39 is 0 Å². The highest BCUT2D eigenvalue weighted by molar-refractivity contribution is 7.99. The average Bonchev–Trinajstić information content (AvgIpc) is 3.26. The number of hydrogen-bond donors (Lipinski definition) is 1. The lowest BCUT2D eigenvalue weighted by Crippen LogP contribution is -2.15. The van der Waals surface area contributed by atoms with Gasteiger partial charge >= 0.3 is 0 Å². The maximum absolute atomic E-state index is 12.5. The van der Waals surface area contributed by atoms with Crippen LogP contribution < -0.4 is 10.1 Å². The zero-order valence-corrected chi connectivity index (χ0v) is 18.8. The summed E-state index contributed by atoms with van der Waals surface area (Å²) in [6, 6.07) is 26.0. The fraction of sp³-hybridized carbons (Fsp3) is 0.120. The van der Waals surface area contributed by atoms with Crippen LogP contribution in [0.4, 0.5) is 5.69 Å². The maximum atomic E-state index is 12.5. The van der Waals surface area contributed by atoms with Gasteiger partial charge in [0, 0.05) is 16.9 Å². The highest BCUT2D eigenvalue weighted by Crippen LogP contribution is 2.23. The first-order chi connectivity index (χ1) is 16.1. The molecule has 1 N–H and O–H groups in total. The second kappa shape index (κ2) is 10.6. The van der Waals surface area contributed by atoms with Crippen molar-refractivity contribution in [2.45, 2.75) is 18.7 Å². The molecule has 0 aliphatic heterocycles. The van der Waals surface area contributed by atoms with E-state index in [-0.39, 0.29) is 24.1 Å². The molecule has 1 aromatic heterocycles. The van der Waals surface area contributed by atoms with Gasteiger partial charge < -0.3 is 10.1 Å². The highest BCUT2D eigenvalue weighted by Gasteiger charge is 2.16. The van der Waals surface area contributed by atoms with Crippen molar-refractivity contribution in [2.75, 3.05) is 11.1 Å². The molecule has 7 nitrogen and oxygen atoms in total. The van der Waals surface area contributed by atoms with E-state index in [4.69, 9.17) is 4.74 Å². The smallest absolute Gasteiger partial charge is 0.234 e. The van der Waals surface area contributed by atoms with E-state index in [1.165, 1.54) is 18.7 Å². The Bertz CT molecular complexity index is 1230. The molecule has 8 heteroatoms. The number of Topliss-reactive ketones (excluding diaryl/α,β-unsaturated/α-hetero) is 1. The Kier molecular flexibility index (Phi) is 7.16. The number of nitrogens with one attached hydrogen (secondary N) is 1. The number of carbonyl (C=O) groups excluding carboxylic acids is 2. The van der Waals surface area contributed by atoms with Crippen LogP contribution in [0.15, 0.2) is 90.1 Å². The lowest BCUT2D eigenvalue weighted by molar-refractivity contribution is -0.113. The predicted octanol–water partition coefficient (Wildman–Crippen LogP) is 4.78. The molecule has 0 spiro atoms. The van der Waals surface area contributed by atoms with Crippen LogP contribution >= 0.6 is 11.8 Å². The summed E-state index contributed by atoms with van der Waals surface area (Å²) in [6.45, 7) is 1.74. The molecule has 0 saturated heterocycles. The third-order valence-electron chi connectivity index (χ3n) is 4.73. The number of thioether (sulfide) groups is 1. The minimum Gasteiger partial charge on any atom is -0.486 e. The Morgan fingerprint density at radius 2 is 1.58 bits per heavy atom. The zero-order valence-electron chi connectivity index (χ0n) is 18.0. The maximum Gasteiger partial charge on any atom is 0.234 e. The molecule has 166 valence electrons. The summed E-state index contributed by atoms with van der Waals surface area (Å²) < 4.78 is 7.75. The number of anilines is 1. The summed E-state index contributed by atoms with van der Waals surface area (Å²) >= 11 is 1.29. The molecule has 4 rings (SSSR count). The van der Waals surface area contributed by atoms with Crippen molar-refractivity contribution in [2.24, 2.45) is 0 Å². The monoisotopic (exact) mass is 458 g/mol. The van der Waals surface area contributed by atoms with E-state index in [0.29, 0.717) is 22.2 Å². The Morgan fingerprint density at radius 3 is 2.24 bits per heavy atom. The van der Waals surface area contributed by atoms with Crippen molar-refractivity contribution < 1.29 is 14.3 Å². The molecule has 0 atom stereocenters. The van der Waals surface area contributed by atoms with E-state index in [1.807, 2.05) is 65.2 Å². The van der Waals surface area contributed by atoms with Crippen LogP contribution in [-0.4, -0.2) is 32.2 Å². The number of hydrogen-bond acceptors (Lipinski definition) is 6. The number of ketones is 1. The van der Waals surface area contributed by atoms with E-state index >= 15 is 0 Å². The van der Waals surface area contributed by atoms with Crippen LogP contribution in [0.1, 0.15) is 23.1 Å². The van der Waals surface area contributed by atoms with Crippen molar-refractivity contribution in [1.82, 2.24) is 14.8 Å². The molecule has 0 saturated carbocycles. The van der Waals surface area contributed by atoms with Crippen molar-refractivity contribution in [3.63, 3.8) is 0 Å². The lowest BCUT2D eigenvalue weighted by atomic mass is 10.1. The quantitative estimate of drug-likeness (QED) is 0.287. The van der Waals surface area contributed by atoms with Gasteiger partial charge in [0.2, 0.25) is 5.91 Å². The number of carbonyl (C=O) groups is 2. The largest absolute Gasteiger partial charge is 0.486 e. The SMILES string of the molecule is CC(=O)c1ccc(NC(=O)CSc2nnc(COc3ccccc3)n2-c2ccccc2)cc1. The van der Waals surface area contributed by atoms with Gasteiger partial charge in [0.15, 0.2) is 16.8 Å². The van der Waals surface area contributed by atoms with E-state index in [1.54, 1.807) is 24.3 Å². The van der Waals surface area contributed by atoms with Crippen LogP contribution in [0.3, 0.4) is 0 Å².